The minimum atomic E-state index is -3.49. The van der Waals surface area contributed by atoms with Crippen molar-refractivity contribution >= 4 is 22.4 Å². The van der Waals surface area contributed by atoms with Gasteiger partial charge in [-0.25, -0.2) is 8.42 Å². The van der Waals surface area contributed by atoms with Crippen molar-refractivity contribution in [2.45, 2.75) is 30.7 Å². The van der Waals surface area contributed by atoms with Gasteiger partial charge in [-0.2, -0.15) is 4.31 Å². The molecule has 1 aliphatic rings. The summed E-state index contributed by atoms with van der Waals surface area (Å²) in [6.07, 6.45) is 1.78. The molecule has 114 valence electrons. The molecule has 1 unspecified atom stereocenters. The molecule has 1 aromatic carbocycles. The van der Waals surface area contributed by atoms with Crippen LogP contribution >= 0.6 is 12.4 Å². The van der Waals surface area contributed by atoms with Crippen molar-refractivity contribution < 1.29 is 13.2 Å². The number of aryl methyl sites for hydroxylation is 1. The molecule has 2 N–H and O–H groups in total. The number of sulfonamides is 1. The molecule has 0 spiro atoms. The lowest BCUT2D eigenvalue weighted by Crippen LogP contribution is -2.39. The van der Waals surface area contributed by atoms with Crippen molar-refractivity contribution in [3.8, 4) is 5.75 Å². The van der Waals surface area contributed by atoms with Crippen LogP contribution in [-0.2, 0) is 16.4 Å². The van der Waals surface area contributed by atoms with Gasteiger partial charge in [-0.05, 0) is 43.5 Å². The van der Waals surface area contributed by atoms with Gasteiger partial charge in [-0.1, -0.05) is 0 Å². The maximum atomic E-state index is 12.4. The lowest BCUT2D eigenvalue weighted by Gasteiger charge is -2.24. The third kappa shape index (κ3) is 3.25. The smallest absolute Gasteiger partial charge is 0.243 e. The Hall–Kier alpha value is -0.820. The van der Waals surface area contributed by atoms with E-state index in [1.54, 1.807) is 32.2 Å². The summed E-state index contributed by atoms with van der Waals surface area (Å²) in [5, 5.41) is 0. The van der Waals surface area contributed by atoms with Gasteiger partial charge >= 0.3 is 0 Å². The third-order valence-electron chi connectivity index (χ3n) is 3.52. The van der Waals surface area contributed by atoms with E-state index in [4.69, 9.17) is 10.5 Å². The van der Waals surface area contributed by atoms with E-state index in [0.717, 1.165) is 24.2 Å². The normalized spacial score (nSPS) is 16.0. The molecule has 0 bridgehead atoms. The van der Waals surface area contributed by atoms with Crippen molar-refractivity contribution in [3.05, 3.63) is 23.8 Å². The first-order valence-electron chi connectivity index (χ1n) is 6.40. The monoisotopic (exact) mass is 320 g/mol. The molecule has 0 saturated heterocycles. The first kappa shape index (κ1) is 17.2. The van der Waals surface area contributed by atoms with Crippen LogP contribution in [0.4, 0.5) is 0 Å². The van der Waals surface area contributed by atoms with E-state index in [9.17, 15) is 8.42 Å². The van der Waals surface area contributed by atoms with Crippen molar-refractivity contribution in [1.82, 2.24) is 4.31 Å². The van der Waals surface area contributed by atoms with Crippen LogP contribution in [0, 0.1) is 0 Å². The van der Waals surface area contributed by atoms with E-state index in [2.05, 4.69) is 0 Å². The fourth-order valence-corrected chi connectivity index (χ4v) is 3.47. The number of fused-ring (bicyclic) bond motifs is 1. The van der Waals surface area contributed by atoms with Gasteiger partial charge < -0.3 is 10.5 Å². The fraction of sp³-hybridized carbons (Fsp3) is 0.538. The minimum Gasteiger partial charge on any atom is -0.493 e. The molecule has 7 heteroatoms. The second-order valence-electron chi connectivity index (χ2n) is 4.83. The standard InChI is InChI=1S/C13H20N2O3S.ClH/c1-10(9-14)15(2)19(16,17)12-5-6-13-11(8-12)4-3-7-18-13;/h5-6,8,10H,3-4,7,9,14H2,1-2H3;1H. The molecule has 0 radical (unpaired) electrons. The predicted octanol–water partition coefficient (Wildman–Crippen LogP) is 1.40. The average molecular weight is 321 g/mol. The summed E-state index contributed by atoms with van der Waals surface area (Å²) >= 11 is 0. The highest BCUT2D eigenvalue weighted by atomic mass is 35.5. The molecule has 1 aliphatic heterocycles. The van der Waals surface area contributed by atoms with E-state index in [1.165, 1.54) is 4.31 Å². The topological polar surface area (TPSA) is 72.6 Å². The number of likely N-dealkylation sites (N-methyl/N-ethyl adjacent to an activating group) is 1. The highest BCUT2D eigenvalue weighted by molar-refractivity contribution is 7.89. The highest BCUT2D eigenvalue weighted by Gasteiger charge is 2.25. The van der Waals surface area contributed by atoms with Crippen LogP contribution in [-0.4, -0.2) is 39.0 Å². The maximum absolute atomic E-state index is 12.4. The number of ether oxygens (including phenoxy) is 1. The van der Waals surface area contributed by atoms with Crippen molar-refractivity contribution in [2.75, 3.05) is 20.2 Å². The number of halogens is 1. The zero-order valence-corrected chi connectivity index (χ0v) is 13.3. The Morgan fingerprint density at radius 3 is 2.80 bits per heavy atom. The van der Waals surface area contributed by atoms with Crippen LogP contribution in [0.25, 0.3) is 0 Å². The molecule has 2 rings (SSSR count). The van der Waals surface area contributed by atoms with E-state index in [-0.39, 0.29) is 18.4 Å². The van der Waals surface area contributed by atoms with Gasteiger partial charge in [-0.3, -0.25) is 0 Å². The molecule has 5 nitrogen and oxygen atoms in total. The van der Waals surface area contributed by atoms with E-state index >= 15 is 0 Å². The molecule has 0 fully saturated rings. The highest BCUT2D eigenvalue weighted by Crippen LogP contribution is 2.28. The Bertz CT molecular complexity index is 563. The number of nitrogens with two attached hydrogens (primary N) is 1. The molecule has 20 heavy (non-hydrogen) atoms. The van der Waals surface area contributed by atoms with Gasteiger partial charge in [0.1, 0.15) is 5.75 Å². The number of nitrogens with zero attached hydrogens (tertiary/aromatic N) is 1. The van der Waals surface area contributed by atoms with Crippen molar-refractivity contribution in [1.29, 1.82) is 0 Å². The van der Waals surface area contributed by atoms with E-state index in [0.29, 0.717) is 18.0 Å². The third-order valence-corrected chi connectivity index (χ3v) is 5.49. The Morgan fingerprint density at radius 1 is 1.45 bits per heavy atom. The molecular formula is C13H21ClN2O3S. The molecule has 0 aliphatic carbocycles. The minimum absolute atomic E-state index is 0. The summed E-state index contributed by atoms with van der Waals surface area (Å²) < 4.78 is 31.7. The second kappa shape index (κ2) is 6.76. The molecular weight excluding hydrogens is 300 g/mol. The number of benzene rings is 1. The second-order valence-corrected chi connectivity index (χ2v) is 6.83. The molecule has 0 amide bonds. The van der Waals surface area contributed by atoms with Crippen molar-refractivity contribution in [3.63, 3.8) is 0 Å². The number of hydrogen-bond donors (Lipinski definition) is 1. The van der Waals surface area contributed by atoms with Crippen molar-refractivity contribution in [2.24, 2.45) is 5.73 Å². The Kier molecular flexibility index (Phi) is 5.82. The van der Waals surface area contributed by atoms with Crippen LogP contribution in [0.3, 0.4) is 0 Å². The summed E-state index contributed by atoms with van der Waals surface area (Å²) in [5.41, 5.74) is 6.49. The summed E-state index contributed by atoms with van der Waals surface area (Å²) in [6.45, 7) is 2.78. The van der Waals surface area contributed by atoms with Crippen LogP contribution in [0.2, 0.25) is 0 Å². The summed E-state index contributed by atoms with van der Waals surface area (Å²) in [7, 11) is -1.93. The lowest BCUT2D eigenvalue weighted by atomic mass is 10.1. The van der Waals surface area contributed by atoms with Crippen LogP contribution in [0.5, 0.6) is 5.75 Å². The Labute approximate surface area is 126 Å². The van der Waals surface area contributed by atoms with Gasteiger partial charge in [-0.15, -0.1) is 12.4 Å². The summed E-state index contributed by atoms with van der Waals surface area (Å²) in [5.74, 6) is 0.791. The SMILES string of the molecule is CC(CN)N(C)S(=O)(=O)c1ccc2c(c1)CCCO2.Cl. The Morgan fingerprint density at radius 2 is 2.15 bits per heavy atom. The molecule has 1 aromatic rings. The van der Waals surface area contributed by atoms with Crippen LogP contribution in [0.1, 0.15) is 18.9 Å². The predicted molar refractivity (Wildman–Crippen MR) is 81.0 cm³/mol. The van der Waals surface area contributed by atoms with Gasteiger partial charge in [0.15, 0.2) is 0 Å². The van der Waals surface area contributed by atoms with Gasteiger partial charge in [0.2, 0.25) is 10.0 Å². The zero-order chi connectivity index (χ0) is 14.0. The van der Waals surface area contributed by atoms with E-state index < -0.39 is 10.0 Å². The largest absolute Gasteiger partial charge is 0.493 e. The zero-order valence-electron chi connectivity index (χ0n) is 11.7. The quantitative estimate of drug-likeness (QED) is 0.910. The fourth-order valence-electron chi connectivity index (χ4n) is 2.05. The van der Waals surface area contributed by atoms with Crippen LogP contribution in [0.15, 0.2) is 23.1 Å². The molecule has 1 heterocycles. The van der Waals surface area contributed by atoms with Gasteiger partial charge in [0.05, 0.1) is 11.5 Å². The summed E-state index contributed by atoms with van der Waals surface area (Å²) in [6, 6.07) is 4.82. The van der Waals surface area contributed by atoms with E-state index in [1.807, 2.05) is 0 Å². The first-order chi connectivity index (χ1) is 8.96. The maximum Gasteiger partial charge on any atom is 0.243 e. The lowest BCUT2D eigenvalue weighted by molar-refractivity contribution is 0.288. The Balaban J connectivity index is 0.00000200. The first-order valence-corrected chi connectivity index (χ1v) is 7.84. The number of hydrogen-bond acceptors (Lipinski definition) is 4. The van der Waals surface area contributed by atoms with Gasteiger partial charge in [0, 0.05) is 19.6 Å². The molecule has 1 atom stereocenters. The summed E-state index contributed by atoms with van der Waals surface area (Å²) in [4.78, 5) is 0.305. The molecule has 0 aromatic heterocycles. The average Bonchev–Trinajstić information content (AvgIpc) is 2.45. The van der Waals surface area contributed by atoms with Crippen LogP contribution < -0.4 is 10.5 Å². The number of rotatable bonds is 4. The molecule has 0 saturated carbocycles. The van der Waals surface area contributed by atoms with Gasteiger partial charge in [0.25, 0.3) is 0 Å².